The van der Waals surface area contributed by atoms with Crippen molar-refractivity contribution in [1.82, 2.24) is 20.5 Å². The summed E-state index contributed by atoms with van der Waals surface area (Å²) in [5.74, 6) is 0.0301. The van der Waals surface area contributed by atoms with Crippen molar-refractivity contribution in [1.29, 1.82) is 0 Å². The Labute approximate surface area is 142 Å². The Morgan fingerprint density at radius 1 is 1.32 bits per heavy atom. The van der Waals surface area contributed by atoms with Crippen molar-refractivity contribution in [3.8, 4) is 0 Å². The molecule has 1 atom stereocenters. The first-order valence-electron chi connectivity index (χ1n) is 7.98. The van der Waals surface area contributed by atoms with Gasteiger partial charge in [0.25, 0.3) is 5.91 Å². The topological polar surface area (TPSA) is 73.9 Å². The number of hydrogen-bond acceptors (Lipinski definition) is 4. The molecule has 3 rings (SSSR count). The van der Waals surface area contributed by atoms with E-state index in [0.717, 1.165) is 25.0 Å². The molecule has 1 aliphatic heterocycles. The molecule has 1 unspecified atom stereocenters. The van der Waals surface area contributed by atoms with Crippen LogP contribution in [0.5, 0.6) is 0 Å². The lowest BCUT2D eigenvalue weighted by atomic mass is 10.1. The quantitative estimate of drug-likeness (QED) is 0.886. The third kappa shape index (κ3) is 3.75. The Balaban J connectivity index is 1.89. The number of hydrogen-bond donors (Lipinski definition) is 2. The number of aromatic nitrogens is 3. The zero-order valence-electron chi connectivity index (χ0n) is 13.6. The first-order valence-corrected chi connectivity index (χ1v) is 7.98. The Hall–Kier alpha value is -2.58. The third-order valence-electron chi connectivity index (χ3n) is 4.21. The van der Waals surface area contributed by atoms with E-state index in [0.29, 0.717) is 24.6 Å². The highest BCUT2D eigenvalue weighted by molar-refractivity contribution is 6.00. The molecule has 1 aliphatic rings. The molecule has 2 aromatic rings. The molecule has 0 aliphatic carbocycles. The fourth-order valence-corrected chi connectivity index (χ4v) is 2.89. The number of carbonyl (C=O) groups excluding carboxylic acids is 1. The molecule has 0 saturated carbocycles. The summed E-state index contributed by atoms with van der Waals surface area (Å²) in [6.07, 6.45) is -1.33. The van der Waals surface area contributed by atoms with Crippen LogP contribution in [0.1, 0.15) is 47.6 Å². The highest BCUT2D eigenvalue weighted by Gasteiger charge is 2.33. The maximum absolute atomic E-state index is 13.0. The summed E-state index contributed by atoms with van der Waals surface area (Å²) in [7, 11) is 0. The van der Waals surface area contributed by atoms with Crippen LogP contribution in [0, 0.1) is 0 Å². The second-order valence-corrected chi connectivity index (χ2v) is 5.99. The van der Waals surface area contributed by atoms with E-state index in [9.17, 15) is 18.0 Å². The van der Waals surface area contributed by atoms with Crippen LogP contribution in [0.3, 0.4) is 0 Å². The minimum absolute atomic E-state index is 0.223. The van der Waals surface area contributed by atoms with Gasteiger partial charge in [0.1, 0.15) is 12.2 Å². The lowest BCUT2D eigenvalue weighted by Crippen LogP contribution is -2.30. The van der Waals surface area contributed by atoms with Crippen LogP contribution in [-0.4, -0.2) is 34.2 Å². The second kappa shape index (κ2) is 6.73. The smallest absolute Gasteiger partial charge is 0.371 e. The van der Waals surface area contributed by atoms with E-state index in [1.54, 1.807) is 6.92 Å². The van der Waals surface area contributed by atoms with Gasteiger partial charge in [-0.2, -0.15) is 18.3 Å². The van der Waals surface area contributed by atoms with Gasteiger partial charge in [-0.05, 0) is 38.0 Å². The normalized spacial score (nSPS) is 16.1. The molecule has 6 nitrogen and oxygen atoms in total. The van der Waals surface area contributed by atoms with Gasteiger partial charge >= 0.3 is 6.18 Å². The molecule has 2 heterocycles. The summed E-state index contributed by atoms with van der Waals surface area (Å²) in [4.78, 5) is 18.4. The number of carbonyl (C=O) groups is 1. The molecule has 1 fully saturated rings. The summed E-state index contributed by atoms with van der Waals surface area (Å²) in [5, 5.41) is 9.12. The van der Waals surface area contributed by atoms with E-state index in [1.165, 1.54) is 12.4 Å². The Morgan fingerprint density at radius 2 is 2.04 bits per heavy atom. The SMILES string of the molecule is CC(NC(=O)c1ccc(C(F)(F)F)cc1N1CCCC1)c1ncn[nH]1. The number of halogens is 3. The molecule has 0 radical (unpaired) electrons. The molecule has 0 spiro atoms. The highest BCUT2D eigenvalue weighted by atomic mass is 19.4. The minimum atomic E-state index is -4.45. The predicted molar refractivity (Wildman–Crippen MR) is 85.2 cm³/mol. The Kier molecular flexibility index (Phi) is 4.65. The standard InChI is InChI=1S/C16H18F3N5O/c1-10(14-20-9-21-23-14)22-15(25)12-5-4-11(16(17,18)19)8-13(12)24-6-2-3-7-24/h4-5,8-10H,2-3,6-7H2,1H3,(H,22,25)(H,20,21,23). The van der Waals surface area contributed by atoms with Gasteiger partial charge < -0.3 is 10.2 Å². The average molecular weight is 353 g/mol. The van der Waals surface area contributed by atoms with Crippen LogP contribution in [-0.2, 0) is 6.18 Å². The fraction of sp³-hybridized carbons (Fsp3) is 0.438. The van der Waals surface area contributed by atoms with Crippen molar-refractivity contribution in [2.24, 2.45) is 0 Å². The summed E-state index contributed by atoms with van der Waals surface area (Å²) in [5.41, 5.74) is -0.218. The van der Waals surface area contributed by atoms with E-state index in [2.05, 4.69) is 20.5 Å². The average Bonchev–Trinajstić information content (AvgIpc) is 3.26. The van der Waals surface area contributed by atoms with Crippen molar-refractivity contribution in [3.05, 3.63) is 41.5 Å². The van der Waals surface area contributed by atoms with E-state index in [-0.39, 0.29) is 5.56 Å². The third-order valence-corrected chi connectivity index (χ3v) is 4.21. The number of amides is 1. The summed E-state index contributed by atoms with van der Waals surface area (Å²) in [6, 6.07) is 2.79. The second-order valence-electron chi connectivity index (χ2n) is 5.99. The Bertz CT molecular complexity index is 739. The number of H-pyrrole nitrogens is 1. The van der Waals surface area contributed by atoms with Crippen LogP contribution in [0.15, 0.2) is 24.5 Å². The van der Waals surface area contributed by atoms with Crippen LogP contribution in [0.2, 0.25) is 0 Å². The van der Waals surface area contributed by atoms with Gasteiger partial charge in [0, 0.05) is 13.1 Å². The van der Waals surface area contributed by atoms with Crippen LogP contribution >= 0.6 is 0 Å². The van der Waals surface area contributed by atoms with Gasteiger partial charge in [0.15, 0.2) is 0 Å². The predicted octanol–water partition coefficient (Wildman–Crippen LogP) is 2.91. The summed E-state index contributed by atoms with van der Waals surface area (Å²) in [6.45, 7) is 3.00. The molecule has 9 heteroatoms. The van der Waals surface area contributed by atoms with Gasteiger partial charge in [-0.25, -0.2) is 4.98 Å². The Morgan fingerprint density at radius 3 is 2.64 bits per heavy atom. The van der Waals surface area contributed by atoms with E-state index < -0.39 is 23.7 Å². The van der Waals surface area contributed by atoms with E-state index in [1.807, 2.05) is 4.90 Å². The molecule has 2 N–H and O–H groups in total. The number of aromatic amines is 1. The maximum Gasteiger partial charge on any atom is 0.416 e. The van der Waals surface area contributed by atoms with Crippen molar-refractivity contribution in [2.75, 3.05) is 18.0 Å². The number of anilines is 1. The van der Waals surface area contributed by atoms with Crippen LogP contribution < -0.4 is 10.2 Å². The largest absolute Gasteiger partial charge is 0.416 e. The van der Waals surface area contributed by atoms with Gasteiger partial charge in [-0.15, -0.1) is 0 Å². The molecule has 25 heavy (non-hydrogen) atoms. The van der Waals surface area contributed by atoms with E-state index >= 15 is 0 Å². The van der Waals surface area contributed by atoms with Crippen molar-refractivity contribution >= 4 is 11.6 Å². The number of benzene rings is 1. The summed E-state index contributed by atoms with van der Waals surface area (Å²) >= 11 is 0. The minimum Gasteiger partial charge on any atom is -0.371 e. The molecule has 134 valence electrons. The number of nitrogens with one attached hydrogen (secondary N) is 2. The highest BCUT2D eigenvalue weighted by Crippen LogP contribution is 2.34. The van der Waals surface area contributed by atoms with Crippen LogP contribution in [0.25, 0.3) is 0 Å². The molecular weight excluding hydrogens is 335 g/mol. The fourth-order valence-electron chi connectivity index (χ4n) is 2.89. The van der Waals surface area contributed by atoms with Gasteiger partial charge in [-0.1, -0.05) is 0 Å². The zero-order chi connectivity index (χ0) is 18.0. The van der Waals surface area contributed by atoms with E-state index in [4.69, 9.17) is 0 Å². The molecule has 1 saturated heterocycles. The zero-order valence-corrected chi connectivity index (χ0v) is 13.6. The summed E-state index contributed by atoms with van der Waals surface area (Å²) < 4.78 is 39.1. The number of rotatable bonds is 4. The molecule has 1 aromatic carbocycles. The van der Waals surface area contributed by atoms with Crippen molar-refractivity contribution in [2.45, 2.75) is 32.0 Å². The molecule has 1 aromatic heterocycles. The number of alkyl halides is 3. The molecule has 0 bridgehead atoms. The van der Waals surface area contributed by atoms with Gasteiger partial charge in [0.05, 0.1) is 22.9 Å². The van der Waals surface area contributed by atoms with Crippen molar-refractivity contribution in [3.63, 3.8) is 0 Å². The van der Waals surface area contributed by atoms with Crippen LogP contribution in [0.4, 0.5) is 18.9 Å². The monoisotopic (exact) mass is 353 g/mol. The number of nitrogens with zero attached hydrogens (tertiary/aromatic N) is 3. The molecular formula is C16H18F3N5O. The first-order chi connectivity index (χ1) is 11.9. The van der Waals surface area contributed by atoms with Gasteiger partial charge in [0.2, 0.25) is 0 Å². The maximum atomic E-state index is 13.0. The lowest BCUT2D eigenvalue weighted by Gasteiger charge is -2.23. The lowest BCUT2D eigenvalue weighted by molar-refractivity contribution is -0.137. The first kappa shape index (κ1) is 17.2. The van der Waals surface area contributed by atoms with Crippen molar-refractivity contribution < 1.29 is 18.0 Å². The molecule has 1 amide bonds. The van der Waals surface area contributed by atoms with Gasteiger partial charge in [-0.3, -0.25) is 9.89 Å².